The first kappa shape index (κ1) is 15.5. The van der Waals surface area contributed by atoms with E-state index in [0.717, 1.165) is 12.1 Å². The van der Waals surface area contributed by atoms with Gasteiger partial charge in [0.2, 0.25) is 5.91 Å². The zero-order valence-corrected chi connectivity index (χ0v) is 12.8. The molecule has 3 aliphatic rings. The van der Waals surface area contributed by atoms with Crippen molar-refractivity contribution in [3.63, 3.8) is 0 Å². The molecule has 22 heavy (non-hydrogen) atoms. The van der Waals surface area contributed by atoms with Gasteiger partial charge in [-0.1, -0.05) is 6.92 Å². The molecule has 7 heteroatoms. The number of β-lactam (4-membered cyclic amide) rings is 1. The van der Waals surface area contributed by atoms with Gasteiger partial charge in [-0.2, -0.15) is 0 Å². The van der Waals surface area contributed by atoms with Crippen LogP contribution < -0.4 is 0 Å². The molecular weight excluding hydrogens is 288 g/mol. The first-order valence-corrected chi connectivity index (χ1v) is 7.70. The highest BCUT2D eigenvalue weighted by Crippen LogP contribution is 2.47. The lowest BCUT2D eigenvalue weighted by molar-refractivity contribution is -0.163. The van der Waals surface area contributed by atoms with Crippen molar-refractivity contribution in [2.24, 2.45) is 11.8 Å². The van der Waals surface area contributed by atoms with Gasteiger partial charge in [0.25, 0.3) is 0 Å². The van der Waals surface area contributed by atoms with Gasteiger partial charge in [0, 0.05) is 25.6 Å². The molecule has 0 unspecified atom stereocenters. The third kappa shape index (κ3) is 2.15. The molecule has 0 radical (unpaired) electrons. The van der Waals surface area contributed by atoms with Gasteiger partial charge in [-0.25, -0.2) is 4.79 Å². The summed E-state index contributed by atoms with van der Waals surface area (Å²) >= 11 is 0. The van der Waals surface area contributed by atoms with Crippen LogP contribution in [0.5, 0.6) is 0 Å². The molecule has 2 saturated heterocycles. The summed E-state index contributed by atoms with van der Waals surface area (Å²) in [4.78, 5) is 27.2. The number of amides is 1. The van der Waals surface area contributed by atoms with Crippen LogP contribution in [0.25, 0.3) is 0 Å². The van der Waals surface area contributed by atoms with Gasteiger partial charge < -0.3 is 20.2 Å². The highest BCUT2D eigenvalue weighted by molar-refractivity contribution is 6.00. The van der Waals surface area contributed by atoms with E-state index in [4.69, 9.17) is 0 Å². The maximum absolute atomic E-state index is 12.2. The lowest BCUT2D eigenvalue weighted by Crippen LogP contribution is -2.63. The average molecular weight is 310 g/mol. The normalized spacial score (nSPS) is 36.5. The number of carbonyl (C=O) groups excluding carboxylic acids is 1. The minimum Gasteiger partial charge on any atom is -0.477 e. The van der Waals surface area contributed by atoms with Crippen molar-refractivity contribution >= 4 is 11.9 Å². The third-order valence-corrected chi connectivity index (χ3v) is 5.16. The molecular formula is C15H22N2O5. The highest BCUT2D eigenvalue weighted by Gasteiger charge is 2.59. The maximum Gasteiger partial charge on any atom is 0.352 e. The third-order valence-electron chi connectivity index (χ3n) is 5.16. The fourth-order valence-electron chi connectivity index (χ4n) is 4.05. The molecule has 122 valence electrons. The Kier molecular flexibility index (Phi) is 3.74. The fourth-order valence-corrected chi connectivity index (χ4v) is 4.05. The van der Waals surface area contributed by atoms with Gasteiger partial charge in [-0.15, -0.1) is 0 Å². The Balaban J connectivity index is 1.87. The molecule has 0 spiro atoms. The number of fused-ring (bicyclic) bond motifs is 1. The first-order valence-electron chi connectivity index (χ1n) is 7.70. The second kappa shape index (κ2) is 5.33. The van der Waals surface area contributed by atoms with E-state index in [0.29, 0.717) is 19.5 Å². The van der Waals surface area contributed by atoms with E-state index in [1.165, 1.54) is 4.90 Å². The molecule has 1 amide bonds. The Morgan fingerprint density at radius 3 is 2.64 bits per heavy atom. The molecule has 3 rings (SSSR count). The van der Waals surface area contributed by atoms with E-state index in [2.05, 4.69) is 0 Å². The van der Waals surface area contributed by atoms with E-state index in [1.807, 2.05) is 11.8 Å². The van der Waals surface area contributed by atoms with Crippen LogP contribution in [0.4, 0.5) is 0 Å². The lowest BCUT2D eigenvalue weighted by Gasteiger charge is -2.46. The molecule has 0 aromatic heterocycles. The smallest absolute Gasteiger partial charge is 0.352 e. The molecule has 7 nitrogen and oxygen atoms in total. The quantitative estimate of drug-likeness (QED) is 0.591. The maximum atomic E-state index is 12.2. The molecule has 0 aromatic carbocycles. The zero-order chi connectivity index (χ0) is 16.2. The Bertz CT molecular complexity index is 544. The Labute approximate surface area is 128 Å². The number of hydrogen-bond donors (Lipinski definition) is 3. The minimum absolute atomic E-state index is 0.0702. The Morgan fingerprint density at radius 1 is 1.45 bits per heavy atom. The van der Waals surface area contributed by atoms with Crippen molar-refractivity contribution in [3.8, 4) is 0 Å². The molecule has 2 fully saturated rings. The predicted octanol–water partition coefficient (Wildman–Crippen LogP) is -0.751. The van der Waals surface area contributed by atoms with Crippen LogP contribution in [0, 0.1) is 11.8 Å². The summed E-state index contributed by atoms with van der Waals surface area (Å²) in [6.07, 6.45) is -0.458. The van der Waals surface area contributed by atoms with Gasteiger partial charge in [-0.05, 0) is 18.9 Å². The molecule has 0 saturated carbocycles. The summed E-state index contributed by atoms with van der Waals surface area (Å²) in [6, 6.07) is -0.263. The van der Waals surface area contributed by atoms with Crippen molar-refractivity contribution in [1.82, 2.24) is 9.80 Å². The minimum atomic E-state index is -1.10. The number of hydrogen-bond acceptors (Lipinski definition) is 5. The largest absolute Gasteiger partial charge is 0.477 e. The summed E-state index contributed by atoms with van der Waals surface area (Å²) in [5, 5.41) is 28.9. The van der Waals surface area contributed by atoms with Crippen LogP contribution >= 0.6 is 0 Å². The van der Waals surface area contributed by atoms with Crippen molar-refractivity contribution in [2.75, 3.05) is 19.6 Å². The van der Waals surface area contributed by atoms with Gasteiger partial charge in [0.05, 0.1) is 24.2 Å². The number of carboxylic acids is 1. The molecule has 3 heterocycles. The molecule has 0 aliphatic carbocycles. The molecule has 3 aliphatic heterocycles. The molecule has 3 N–H and O–H groups in total. The van der Waals surface area contributed by atoms with Crippen molar-refractivity contribution in [3.05, 3.63) is 11.3 Å². The average Bonchev–Trinajstić information content (AvgIpc) is 2.92. The SMILES string of the molecule is C[C@@H](O)[C@@H]1C(=O)N2C(C(=O)O)=C(CN3CC[C@H](O)C3)[C@H](C)[C@H]12. The van der Waals surface area contributed by atoms with Crippen molar-refractivity contribution in [2.45, 2.75) is 38.5 Å². The van der Waals surface area contributed by atoms with Gasteiger partial charge in [0.1, 0.15) is 5.70 Å². The van der Waals surface area contributed by atoms with E-state index in [1.54, 1.807) is 6.92 Å². The lowest BCUT2D eigenvalue weighted by atomic mass is 9.77. The monoisotopic (exact) mass is 310 g/mol. The number of carbonyl (C=O) groups is 2. The Morgan fingerprint density at radius 2 is 2.14 bits per heavy atom. The predicted molar refractivity (Wildman–Crippen MR) is 76.7 cm³/mol. The number of likely N-dealkylation sites (tertiary alicyclic amines) is 1. The van der Waals surface area contributed by atoms with Crippen LogP contribution in [0.3, 0.4) is 0 Å². The highest BCUT2D eigenvalue weighted by atomic mass is 16.4. The number of aliphatic hydroxyl groups excluding tert-OH is 2. The second-order valence-corrected chi connectivity index (χ2v) is 6.61. The fraction of sp³-hybridized carbons (Fsp3) is 0.733. The molecule has 0 bridgehead atoms. The second-order valence-electron chi connectivity index (χ2n) is 6.61. The summed E-state index contributed by atoms with van der Waals surface area (Å²) in [5.74, 6) is -2.02. The van der Waals surface area contributed by atoms with E-state index >= 15 is 0 Å². The molecule has 5 atom stereocenters. The summed E-state index contributed by atoms with van der Waals surface area (Å²) in [5.41, 5.74) is 0.795. The topological polar surface area (TPSA) is 101 Å². The van der Waals surface area contributed by atoms with Crippen LogP contribution in [0.15, 0.2) is 11.3 Å². The summed E-state index contributed by atoms with van der Waals surface area (Å²) < 4.78 is 0. The van der Waals surface area contributed by atoms with Gasteiger partial charge in [0.15, 0.2) is 0 Å². The van der Waals surface area contributed by atoms with Crippen molar-refractivity contribution < 1.29 is 24.9 Å². The van der Waals surface area contributed by atoms with Crippen LogP contribution in [-0.2, 0) is 9.59 Å². The Hall–Kier alpha value is -1.44. The number of aliphatic hydroxyl groups is 2. The number of carboxylic acid groups (broad SMARTS) is 1. The van der Waals surface area contributed by atoms with E-state index in [9.17, 15) is 24.9 Å². The van der Waals surface area contributed by atoms with Gasteiger partial charge >= 0.3 is 5.97 Å². The van der Waals surface area contributed by atoms with Crippen molar-refractivity contribution in [1.29, 1.82) is 0 Å². The number of nitrogens with zero attached hydrogens (tertiary/aromatic N) is 2. The van der Waals surface area contributed by atoms with E-state index in [-0.39, 0.29) is 29.7 Å². The standard InChI is InChI=1S/C15H22N2O5/c1-7-10(6-16-4-3-9(19)5-16)13(15(21)22)17-12(7)11(8(2)18)14(17)20/h7-9,11-12,18-19H,3-6H2,1-2H3,(H,21,22)/t7-,8+,9-,11-,12+/m0/s1. The number of β-amino-alcohol motifs (C(OH)–C–C–N with tert-alkyl or cyclic N) is 1. The number of aliphatic carboxylic acids is 1. The van der Waals surface area contributed by atoms with E-state index < -0.39 is 18.0 Å². The first-order chi connectivity index (χ1) is 10.3. The van der Waals surface area contributed by atoms with Crippen LogP contribution in [-0.4, -0.2) is 74.9 Å². The van der Waals surface area contributed by atoms with Crippen LogP contribution in [0.1, 0.15) is 20.3 Å². The molecule has 0 aromatic rings. The van der Waals surface area contributed by atoms with Crippen LogP contribution in [0.2, 0.25) is 0 Å². The summed E-state index contributed by atoms with van der Waals surface area (Å²) in [7, 11) is 0. The number of rotatable bonds is 4. The van der Waals surface area contributed by atoms with Gasteiger partial charge in [-0.3, -0.25) is 9.69 Å². The zero-order valence-electron chi connectivity index (χ0n) is 12.8. The summed E-state index contributed by atoms with van der Waals surface area (Å²) in [6.45, 7) is 5.19.